The minimum Gasteiger partial charge on any atom is -0.497 e. The van der Waals surface area contributed by atoms with Gasteiger partial charge in [0.15, 0.2) is 5.78 Å². The Hall–Kier alpha value is -3.13. The van der Waals surface area contributed by atoms with Gasteiger partial charge in [-0.25, -0.2) is 4.63 Å². The number of allylic oxidation sites excluding steroid dienone is 1. The van der Waals surface area contributed by atoms with Crippen molar-refractivity contribution in [2.45, 2.75) is 24.8 Å². The number of Topliss-reactive ketones (excluding diaryl/α,β-unsaturated/α-hetero) is 1. The molecule has 5 rings (SSSR count). The molecule has 28 heavy (non-hydrogen) atoms. The lowest BCUT2D eigenvalue weighted by atomic mass is 9.79. The number of nitrogens with one attached hydrogen (secondary N) is 2. The highest BCUT2D eigenvalue weighted by molar-refractivity contribution is 7.10. The summed E-state index contributed by atoms with van der Waals surface area (Å²) in [6, 6.07) is 11.7. The van der Waals surface area contributed by atoms with E-state index in [1.54, 1.807) is 18.4 Å². The van der Waals surface area contributed by atoms with E-state index in [0.29, 0.717) is 24.5 Å². The fourth-order valence-electron chi connectivity index (χ4n) is 3.88. The number of hydrogen-bond donors (Lipinski definition) is 2. The number of anilines is 2. The number of aromatic nitrogens is 2. The van der Waals surface area contributed by atoms with E-state index in [4.69, 9.17) is 9.37 Å². The first-order valence-electron chi connectivity index (χ1n) is 9.02. The Morgan fingerprint density at radius 1 is 1.14 bits per heavy atom. The topological polar surface area (TPSA) is 89.3 Å². The Kier molecular flexibility index (Phi) is 4.12. The van der Waals surface area contributed by atoms with Crippen LogP contribution < -0.4 is 15.4 Å². The summed E-state index contributed by atoms with van der Waals surface area (Å²) in [6.07, 6.45) is 1.18. The minimum atomic E-state index is -0.264. The van der Waals surface area contributed by atoms with E-state index in [0.717, 1.165) is 27.5 Å². The number of methoxy groups -OCH3 is 1. The van der Waals surface area contributed by atoms with Crippen LogP contribution in [0.25, 0.3) is 0 Å². The largest absolute Gasteiger partial charge is 0.497 e. The molecule has 2 N–H and O–H groups in total. The van der Waals surface area contributed by atoms with Crippen LogP contribution in [-0.2, 0) is 4.79 Å². The van der Waals surface area contributed by atoms with Gasteiger partial charge in [0.25, 0.3) is 0 Å². The summed E-state index contributed by atoms with van der Waals surface area (Å²) in [7, 11) is 1.65. The van der Waals surface area contributed by atoms with Gasteiger partial charge < -0.3 is 15.4 Å². The first-order chi connectivity index (χ1) is 13.7. The highest BCUT2D eigenvalue weighted by atomic mass is 32.1. The molecule has 0 amide bonds. The zero-order chi connectivity index (χ0) is 19.1. The Morgan fingerprint density at radius 2 is 1.96 bits per heavy atom. The number of fused-ring (bicyclic) bond motifs is 1. The quantitative estimate of drug-likeness (QED) is 0.691. The first-order valence-corrected chi connectivity index (χ1v) is 9.90. The van der Waals surface area contributed by atoms with Crippen molar-refractivity contribution in [3.05, 3.63) is 63.5 Å². The molecule has 0 fully saturated rings. The lowest BCUT2D eigenvalue weighted by Gasteiger charge is -2.29. The van der Waals surface area contributed by atoms with E-state index in [-0.39, 0.29) is 17.7 Å². The van der Waals surface area contributed by atoms with E-state index < -0.39 is 0 Å². The van der Waals surface area contributed by atoms with Crippen LogP contribution in [0.5, 0.6) is 5.75 Å². The zero-order valence-electron chi connectivity index (χ0n) is 15.1. The maximum atomic E-state index is 13.2. The number of carbonyl (C=O) groups is 1. The van der Waals surface area contributed by atoms with Crippen molar-refractivity contribution in [1.82, 2.24) is 10.3 Å². The van der Waals surface area contributed by atoms with Gasteiger partial charge in [0, 0.05) is 22.6 Å². The van der Waals surface area contributed by atoms with E-state index in [1.807, 2.05) is 41.8 Å². The molecule has 2 atom stereocenters. The van der Waals surface area contributed by atoms with E-state index in [9.17, 15) is 4.79 Å². The second-order valence-corrected chi connectivity index (χ2v) is 7.85. The third-order valence-corrected chi connectivity index (χ3v) is 6.19. The van der Waals surface area contributed by atoms with Crippen LogP contribution in [0.2, 0.25) is 0 Å². The number of benzene rings is 1. The minimum absolute atomic E-state index is 0.0926. The van der Waals surface area contributed by atoms with Crippen molar-refractivity contribution in [3.63, 3.8) is 0 Å². The smallest absolute Gasteiger partial charge is 0.219 e. The van der Waals surface area contributed by atoms with Crippen LogP contribution in [0.15, 0.2) is 57.7 Å². The van der Waals surface area contributed by atoms with Gasteiger partial charge in [0.2, 0.25) is 11.6 Å². The van der Waals surface area contributed by atoms with Crippen LogP contribution in [0.1, 0.15) is 35.2 Å². The molecule has 1 aromatic carbocycles. The number of nitrogens with zero attached hydrogens (tertiary/aromatic N) is 2. The molecule has 2 aliphatic rings. The van der Waals surface area contributed by atoms with Gasteiger partial charge in [0.1, 0.15) is 5.75 Å². The maximum absolute atomic E-state index is 13.2. The molecule has 0 bridgehead atoms. The molecule has 2 aromatic heterocycles. The molecule has 0 radical (unpaired) electrons. The number of carbonyl (C=O) groups excluding carboxylic acids is 1. The number of hydrogen-bond acceptors (Lipinski definition) is 8. The third kappa shape index (κ3) is 2.86. The van der Waals surface area contributed by atoms with Gasteiger partial charge in [-0.05, 0) is 51.8 Å². The standard InChI is InChI=1S/C20H18N4O3S/c1-26-13-6-4-11(5-7-13)12-9-14-17(15(25)10-12)18(16-3-2-8-28-16)22-20-19(21-14)23-27-24-20/h2-8,12,18H,9-10H2,1H3,(H,21,23)(H,22,24)/t12-,18-/m1/s1. The van der Waals surface area contributed by atoms with Crippen molar-refractivity contribution in [2.24, 2.45) is 0 Å². The Balaban J connectivity index is 1.55. The molecule has 0 unspecified atom stereocenters. The van der Waals surface area contributed by atoms with Gasteiger partial charge in [-0.3, -0.25) is 4.79 Å². The average molecular weight is 394 g/mol. The van der Waals surface area contributed by atoms with Crippen molar-refractivity contribution < 1.29 is 14.2 Å². The lowest BCUT2D eigenvalue weighted by molar-refractivity contribution is -0.116. The molecular weight excluding hydrogens is 376 g/mol. The Labute approximate surface area is 165 Å². The molecule has 0 saturated carbocycles. The van der Waals surface area contributed by atoms with Crippen LogP contribution >= 0.6 is 11.3 Å². The molecule has 8 heteroatoms. The molecular formula is C20H18N4O3S. The number of ketones is 1. The predicted octanol–water partition coefficient (Wildman–Crippen LogP) is 4.12. The zero-order valence-corrected chi connectivity index (χ0v) is 16.0. The second kappa shape index (κ2) is 6.79. The fraction of sp³-hybridized carbons (Fsp3) is 0.250. The van der Waals surface area contributed by atoms with E-state index in [1.165, 1.54) is 0 Å². The Bertz CT molecular complexity index is 1040. The summed E-state index contributed by atoms with van der Waals surface area (Å²) in [5, 5.41) is 16.5. The van der Waals surface area contributed by atoms with Crippen LogP contribution in [0.4, 0.5) is 11.6 Å². The maximum Gasteiger partial charge on any atom is 0.219 e. The van der Waals surface area contributed by atoms with Gasteiger partial charge >= 0.3 is 0 Å². The van der Waals surface area contributed by atoms with Crippen molar-refractivity contribution in [2.75, 3.05) is 17.7 Å². The van der Waals surface area contributed by atoms with E-state index >= 15 is 0 Å². The van der Waals surface area contributed by atoms with Crippen LogP contribution in [0.3, 0.4) is 0 Å². The normalized spacial score (nSPS) is 21.2. The summed E-state index contributed by atoms with van der Waals surface area (Å²) in [6.45, 7) is 0. The molecule has 0 spiro atoms. The van der Waals surface area contributed by atoms with E-state index in [2.05, 4.69) is 20.9 Å². The molecule has 3 heterocycles. The highest BCUT2D eigenvalue weighted by Crippen LogP contribution is 2.44. The number of thiophene rings is 1. The van der Waals surface area contributed by atoms with Gasteiger partial charge in [0.05, 0.1) is 13.2 Å². The van der Waals surface area contributed by atoms with Gasteiger partial charge in [-0.2, -0.15) is 0 Å². The van der Waals surface area contributed by atoms with Crippen molar-refractivity contribution in [3.8, 4) is 5.75 Å². The van der Waals surface area contributed by atoms with Crippen molar-refractivity contribution in [1.29, 1.82) is 0 Å². The predicted molar refractivity (Wildman–Crippen MR) is 106 cm³/mol. The summed E-state index contributed by atoms with van der Waals surface area (Å²) in [5.41, 5.74) is 2.75. The molecule has 1 aliphatic carbocycles. The van der Waals surface area contributed by atoms with Gasteiger partial charge in [-0.1, -0.05) is 18.2 Å². The molecule has 0 saturated heterocycles. The number of ether oxygens (including phenoxy) is 1. The monoisotopic (exact) mass is 394 g/mol. The summed E-state index contributed by atoms with van der Waals surface area (Å²) in [5.74, 6) is 2.05. The first kappa shape index (κ1) is 17.0. The molecule has 1 aliphatic heterocycles. The average Bonchev–Trinajstić information content (AvgIpc) is 3.37. The van der Waals surface area contributed by atoms with Gasteiger partial charge in [-0.15, -0.1) is 11.3 Å². The molecule has 7 nitrogen and oxygen atoms in total. The summed E-state index contributed by atoms with van der Waals surface area (Å²) < 4.78 is 10.1. The SMILES string of the molecule is COc1ccc([C@H]2CC(=O)C3=C(C2)Nc2nonc2N[C@@H]3c2cccs2)cc1. The lowest BCUT2D eigenvalue weighted by Crippen LogP contribution is -2.26. The van der Waals surface area contributed by atoms with Crippen LogP contribution in [-0.4, -0.2) is 23.2 Å². The third-order valence-electron chi connectivity index (χ3n) is 5.25. The highest BCUT2D eigenvalue weighted by Gasteiger charge is 2.37. The number of rotatable bonds is 3. The summed E-state index contributed by atoms with van der Waals surface area (Å²) in [4.78, 5) is 14.3. The second-order valence-electron chi connectivity index (χ2n) is 6.87. The summed E-state index contributed by atoms with van der Waals surface area (Å²) >= 11 is 1.61. The molecule has 3 aromatic rings. The van der Waals surface area contributed by atoms with Crippen molar-refractivity contribution >= 4 is 28.8 Å². The fourth-order valence-corrected chi connectivity index (χ4v) is 4.67. The Morgan fingerprint density at radius 3 is 2.71 bits per heavy atom. The molecule has 142 valence electrons. The van der Waals surface area contributed by atoms with Crippen LogP contribution in [0, 0.1) is 0 Å².